The normalized spacial score (nSPS) is 32.6. The Morgan fingerprint density at radius 2 is 1.64 bits per heavy atom. The molecular weight excluding hydrogens is 494 g/mol. The number of likely N-dealkylation sites (tertiary alicyclic amines) is 1. The number of rotatable bonds is 7. The molecule has 1 aromatic rings. The summed E-state index contributed by atoms with van der Waals surface area (Å²) in [6, 6.07) is 6.62. The number of benzene rings is 1. The van der Waals surface area contributed by atoms with Crippen LogP contribution in [0, 0.1) is 11.8 Å². The van der Waals surface area contributed by atoms with Crippen molar-refractivity contribution in [3.63, 3.8) is 0 Å². The molecule has 1 spiro atoms. The lowest BCUT2D eigenvalue weighted by molar-refractivity contribution is -0.144. The van der Waals surface area contributed by atoms with Crippen molar-refractivity contribution in [2.45, 2.75) is 107 Å². The zero-order valence-electron chi connectivity index (χ0n) is 22.9. The van der Waals surface area contributed by atoms with Gasteiger partial charge in [0.2, 0.25) is 17.7 Å². The Balaban J connectivity index is 1.28. The first kappa shape index (κ1) is 26.4. The molecule has 39 heavy (non-hydrogen) atoms. The Kier molecular flexibility index (Phi) is 7.40. The van der Waals surface area contributed by atoms with Crippen LogP contribution in [0.3, 0.4) is 0 Å². The first-order valence-electron chi connectivity index (χ1n) is 15.1. The van der Waals surface area contributed by atoms with E-state index in [0.717, 1.165) is 70.0 Å². The summed E-state index contributed by atoms with van der Waals surface area (Å²) in [4.78, 5) is 43.9. The minimum atomic E-state index is -1.10. The minimum absolute atomic E-state index is 0.00653. The van der Waals surface area contributed by atoms with Crippen molar-refractivity contribution in [2.24, 2.45) is 11.8 Å². The molecule has 2 saturated carbocycles. The van der Waals surface area contributed by atoms with Gasteiger partial charge < -0.3 is 25.0 Å². The van der Waals surface area contributed by atoms with Crippen LogP contribution in [-0.2, 0) is 19.1 Å². The van der Waals surface area contributed by atoms with Crippen LogP contribution in [0.1, 0.15) is 77.6 Å². The number of hydrogen-bond donors (Lipinski definition) is 2. The molecule has 210 valence electrons. The molecule has 5 aliphatic rings. The van der Waals surface area contributed by atoms with Crippen LogP contribution in [0.5, 0.6) is 5.75 Å². The number of fused-ring (bicyclic) bond motifs is 1. The summed E-state index contributed by atoms with van der Waals surface area (Å²) in [6.07, 6.45) is 14.8. The van der Waals surface area contributed by atoms with E-state index in [9.17, 15) is 14.4 Å². The summed E-state index contributed by atoms with van der Waals surface area (Å²) < 4.78 is 12.0. The van der Waals surface area contributed by atoms with Gasteiger partial charge in [-0.2, -0.15) is 0 Å². The number of nitrogens with zero attached hydrogens (tertiary/aromatic N) is 1. The van der Waals surface area contributed by atoms with Crippen molar-refractivity contribution in [1.82, 2.24) is 10.2 Å². The van der Waals surface area contributed by atoms with Crippen LogP contribution >= 0.6 is 0 Å². The van der Waals surface area contributed by atoms with Gasteiger partial charge in [0.1, 0.15) is 17.4 Å². The summed E-state index contributed by atoms with van der Waals surface area (Å²) >= 11 is 0. The number of ether oxygens (including phenoxy) is 2. The zero-order chi connectivity index (χ0) is 27.0. The number of anilines is 1. The molecule has 0 aromatic heterocycles. The van der Waals surface area contributed by atoms with E-state index >= 15 is 0 Å². The van der Waals surface area contributed by atoms with Crippen molar-refractivity contribution >= 4 is 23.4 Å². The molecule has 8 heteroatoms. The SMILES string of the molecule is CCOc1ccc(NC(=O)[C@H]2[C@@H]3C=C[C@]4(O3)[C@@H]2C(=O)N(C2CCCCCC2)[C@@H]4C(=O)NC2CCCCC2)cc1. The highest BCUT2D eigenvalue weighted by Crippen LogP contribution is 2.56. The molecule has 6 rings (SSSR count). The Hall–Kier alpha value is -2.87. The molecule has 3 amide bonds. The molecule has 3 aliphatic heterocycles. The van der Waals surface area contributed by atoms with E-state index in [1.165, 1.54) is 6.42 Å². The zero-order valence-corrected chi connectivity index (χ0v) is 22.9. The summed E-state index contributed by atoms with van der Waals surface area (Å²) in [7, 11) is 0. The molecule has 4 fully saturated rings. The van der Waals surface area contributed by atoms with Gasteiger partial charge >= 0.3 is 0 Å². The van der Waals surface area contributed by atoms with Gasteiger partial charge in [-0.1, -0.05) is 57.1 Å². The second kappa shape index (κ2) is 11.0. The van der Waals surface area contributed by atoms with Gasteiger partial charge in [0, 0.05) is 17.8 Å². The van der Waals surface area contributed by atoms with Gasteiger partial charge in [0.25, 0.3) is 0 Å². The third-order valence-electron chi connectivity index (χ3n) is 9.47. The topological polar surface area (TPSA) is 97.0 Å². The van der Waals surface area contributed by atoms with Gasteiger partial charge in [0.05, 0.1) is 24.5 Å². The highest BCUT2D eigenvalue weighted by Gasteiger charge is 2.73. The number of carbonyl (C=O) groups is 3. The predicted molar refractivity (Wildman–Crippen MR) is 147 cm³/mol. The molecule has 2 saturated heterocycles. The van der Waals surface area contributed by atoms with Crippen LogP contribution in [0.25, 0.3) is 0 Å². The predicted octanol–water partition coefficient (Wildman–Crippen LogP) is 4.35. The first-order chi connectivity index (χ1) is 19.0. The molecule has 2 bridgehead atoms. The van der Waals surface area contributed by atoms with Crippen LogP contribution < -0.4 is 15.4 Å². The third kappa shape index (κ3) is 4.75. The van der Waals surface area contributed by atoms with Crippen molar-refractivity contribution in [2.75, 3.05) is 11.9 Å². The van der Waals surface area contributed by atoms with Crippen LogP contribution in [0.2, 0.25) is 0 Å². The average Bonchev–Trinajstić information content (AvgIpc) is 3.49. The van der Waals surface area contributed by atoms with Crippen molar-refractivity contribution in [3.05, 3.63) is 36.4 Å². The maximum absolute atomic E-state index is 14.3. The number of carbonyl (C=O) groups excluding carboxylic acids is 3. The molecule has 8 nitrogen and oxygen atoms in total. The third-order valence-corrected chi connectivity index (χ3v) is 9.47. The summed E-state index contributed by atoms with van der Waals surface area (Å²) in [5, 5.41) is 6.30. The van der Waals surface area contributed by atoms with E-state index < -0.39 is 29.6 Å². The smallest absolute Gasteiger partial charge is 0.246 e. The monoisotopic (exact) mass is 535 g/mol. The van der Waals surface area contributed by atoms with Crippen LogP contribution in [-0.4, -0.2) is 59.1 Å². The van der Waals surface area contributed by atoms with Gasteiger partial charge in [-0.15, -0.1) is 0 Å². The second-order valence-corrected chi connectivity index (χ2v) is 11.9. The summed E-state index contributed by atoms with van der Waals surface area (Å²) in [5.41, 5.74) is -0.463. The lowest BCUT2D eigenvalue weighted by Gasteiger charge is -2.37. The lowest BCUT2D eigenvalue weighted by Crippen LogP contribution is -2.58. The fourth-order valence-electron chi connectivity index (χ4n) is 7.69. The molecule has 3 heterocycles. The molecule has 2 N–H and O–H groups in total. The largest absolute Gasteiger partial charge is 0.494 e. The highest BCUT2D eigenvalue weighted by molar-refractivity contribution is 6.03. The fourth-order valence-corrected chi connectivity index (χ4v) is 7.69. The summed E-state index contributed by atoms with van der Waals surface area (Å²) in [6.45, 7) is 2.49. The highest BCUT2D eigenvalue weighted by atomic mass is 16.5. The molecular formula is C31H41N3O5. The number of hydrogen-bond acceptors (Lipinski definition) is 5. The Bertz CT molecular complexity index is 1110. The number of amides is 3. The fraction of sp³-hybridized carbons (Fsp3) is 0.645. The standard InChI is InChI=1S/C31H41N3O5/c1-2-38-23-16-14-21(15-17-23)32-28(35)25-24-18-19-31(39-24)26(25)30(37)34(22-12-8-3-4-9-13-22)27(31)29(36)33-20-10-6-5-7-11-20/h14-20,22,24-27H,2-13H2,1H3,(H,32,35)(H,33,36)/t24-,25-,26-,27+,31-/m0/s1. The maximum Gasteiger partial charge on any atom is 0.246 e. The van der Waals surface area contributed by atoms with Crippen molar-refractivity contribution in [3.8, 4) is 5.75 Å². The lowest BCUT2D eigenvalue weighted by atomic mass is 9.74. The van der Waals surface area contributed by atoms with E-state index in [1.807, 2.05) is 36.1 Å². The second-order valence-electron chi connectivity index (χ2n) is 11.9. The Morgan fingerprint density at radius 1 is 0.974 bits per heavy atom. The Morgan fingerprint density at radius 3 is 2.33 bits per heavy atom. The van der Waals surface area contributed by atoms with E-state index in [2.05, 4.69) is 10.6 Å². The van der Waals surface area contributed by atoms with Crippen LogP contribution in [0.4, 0.5) is 5.69 Å². The van der Waals surface area contributed by atoms with E-state index in [0.29, 0.717) is 12.3 Å². The average molecular weight is 536 g/mol. The molecule has 0 radical (unpaired) electrons. The quantitative estimate of drug-likeness (QED) is 0.400. The maximum atomic E-state index is 14.3. The molecule has 0 unspecified atom stereocenters. The summed E-state index contributed by atoms with van der Waals surface area (Å²) in [5.74, 6) is -1.14. The van der Waals surface area contributed by atoms with Gasteiger partial charge in [-0.25, -0.2) is 0 Å². The Labute approximate surface area is 230 Å². The van der Waals surface area contributed by atoms with E-state index in [4.69, 9.17) is 9.47 Å². The van der Waals surface area contributed by atoms with Crippen molar-refractivity contribution < 1.29 is 23.9 Å². The van der Waals surface area contributed by atoms with Crippen LogP contribution in [0.15, 0.2) is 36.4 Å². The molecule has 5 atom stereocenters. The van der Waals surface area contributed by atoms with Crippen molar-refractivity contribution in [1.29, 1.82) is 0 Å². The molecule has 1 aromatic carbocycles. The molecule has 2 aliphatic carbocycles. The first-order valence-corrected chi connectivity index (χ1v) is 15.1. The van der Waals surface area contributed by atoms with Gasteiger partial charge in [0.15, 0.2) is 0 Å². The van der Waals surface area contributed by atoms with Gasteiger partial charge in [-0.3, -0.25) is 14.4 Å². The minimum Gasteiger partial charge on any atom is -0.494 e. The van der Waals surface area contributed by atoms with E-state index in [1.54, 1.807) is 12.1 Å². The van der Waals surface area contributed by atoms with E-state index in [-0.39, 0.29) is 29.8 Å². The van der Waals surface area contributed by atoms with Gasteiger partial charge in [-0.05, 0) is 56.9 Å². The number of nitrogens with one attached hydrogen (secondary N) is 2.